The minimum Gasteiger partial charge on any atom is -0.389 e. The van der Waals surface area contributed by atoms with Gasteiger partial charge in [-0.25, -0.2) is 23.7 Å². The second-order valence-corrected chi connectivity index (χ2v) is 9.41. The Balaban J connectivity index is 1.65. The molecule has 0 radical (unpaired) electrons. The van der Waals surface area contributed by atoms with E-state index in [1.165, 1.54) is 6.07 Å². The fraction of sp³-hybridized carbons (Fsp3) is 0.522. The third-order valence-corrected chi connectivity index (χ3v) is 6.46. The molecule has 33 heavy (non-hydrogen) atoms. The molecule has 2 aliphatic heterocycles. The van der Waals surface area contributed by atoms with Gasteiger partial charge in [-0.2, -0.15) is 0 Å². The summed E-state index contributed by atoms with van der Waals surface area (Å²) in [5.41, 5.74) is 0.518. The average Bonchev–Trinajstić information content (AvgIpc) is 3.18. The van der Waals surface area contributed by atoms with E-state index in [1.807, 2.05) is 11.5 Å². The van der Waals surface area contributed by atoms with Crippen molar-refractivity contribution >= 4 is 17.0 Å². The van der Waals surface area contributed by atoms with Crippen molar-refractivity contribution in [2.45, 2.75) is 63.8 Å². The molecule has 3 aromatic rings. The Kier molecular flexibility index (Phi) is 5.34. The van der Waals surface area contributed by atoms with Crippen LogP contribution in [0.1, 0.15) is 51.0 Å². The number of halogens is 2. The van der Waals surface area contributed by atoms with E-state index in [0.29, 0.717) is 36.4 Å². The molecule has 4 heterocycles. The molecule has 0 amide bonds. The van der Waals surface area contributed by atoms with Crippen LogP contribution < -0.4 is 5.32 Å². The van der Waals surface area contributed by atoms with E-state index >= 15 is 4.39 Å². The number of rotatable bonds is 4. The van der Waals surface area contributed by atoms with Gasteiger partial charge >= 0.3 is 0 Å². The third kappa shape index (κ3) is 3.75. The minimum absolute atomic E-state index is 0.000979. The number of hydrogen-bond acceptors (Lipinski definition) is 7. The Morgan fingerprint density at radius 3 is 2.73 bits per heavy atom. The van der Waals surface area contributed by atoms with Gasteiger partial charge in [0.2, 0.25) is 5.95 Å². The smallest absolute Gasteiger partial charge is 0.223 e. The maximum atomic E-state index is 15.3. The fourth-order valence-electron chi connectivity index (χ4n) is 4.79. The molecule has 0 unspecified atom stereocenters. The van der Waals surface area contributed by atoms with E-state index in [4.69, 9.17) is 4.74 Å². The van der Waals surface area contributed by atoms with E-state index in [2.05, 4.69) is 20.3 Å². The number of hydrogen-bond donors (Lipinski definition) is 3. The van der Waals surface area contributed by atoms with Crippen LogP contribution in [0.25, 0.3) is 22.3 Å². The molecule has 1 saturated heterocycles. The quantitative estimate of drug-likeness (QED) is 0.551. The van der Waals surface area contributed by atoms with Gasteiger partial charge in [-0.1, -0.05) is 0 Å². The van der Waals surface area contributed by atoms with Gasteiger partial charge in [0, 0.05) is 18.2 Å². The van der Waals surface area contributed by atoms with Gasteiger partial charge in [-0.3, -0.25) is 0 Å². The molecule has 1 aromatic carbocycles. The van der Waals surface area contributed by atoms with Crippen LogP contribution in [0.15, 0.2) is 12.3 Å². The lowest BCUT2D eigenvalue weighted by atomic mass is 9.93. The van der Waals surface area contributed by atoms with Crippen molar-refractivity contribution in [1.29, 1.82) is 0 Å². The molecule has 0 aliphatic carbocycles. The lowest BCUT2D eigenvalue weighted by Crippen LogP contribution is -2.42. The maximum Gasteiger partial charge on any atom is 0.223 e. The molecule has 0 saturated carbocycles. The van der Waals surface area contributed by atoms with Crippen molar-refractivity contribution < 1.29 is 23.7 Å². The highest BCUT2D eigenvalue weighted by Crippen LogP contribution is 2.41. The molecule has 10 heteroatoms. The molecule has 5 rings (SSSR count). The van der Waals surface area contributed by atoms with Gasteiger partial charge in [0.15, 0.2) is 11.6 Å². The van der Waals surface area contributed by atoms with Crippen molar-refractivity contribution in [3.8, 4) is 11.3 Å². The first-order valence-electron chi connectivity index (χ1n) is 11.2. The van der Waals surface area contributed by atoms with Gasteiger partial charge in [0.05, 0.1) is 30.5 Å². The molecule has 0 bridgehead atoms. The van der Waals surface area contributed by atoms with Crippen molar-refractivity contribution in [3.63, 3.8) is 0 Å². The average molecular weight is 459 g/mol. The molecule has 1 fully saturated rings. The molecular formula is C23H27F2N5O3. The van der Waals surface area contributed by atoms with Gasteiger partial charge in [-0.15, -0.1) is 0 Å². The highest BCUT2D eigenvalue weighted by atomic mass is 19.1. The summed E-state index contributed by atoms with van der Waals surface area (Å²) >= 11 is 0. The minimum atomic E-state index is -1.27. The summed E-state index contributed by atoms with van der Waals surface area (Å²) in [4.78, 5) is 12.8. The van der Waals surface area contributed by atoms with Gasteiger partial charge in [0.25, 0.3) is 0 Å². The molecule has 3 atom stereocenters. The first kappa shape index (κ1) is 22.1. The number of ether oxygens (including phenoxy) is 1. The summed E-state index contributed by atoms with van der Waals surface area (Å²) in [6.07, 6.45) is 2.19. The van der Waals surface area contributed by atoms with Crippen LogP contribution in [0.2, 0.25) is 0 Å². The van der Waals surface area contributed by atoms with Crippen molar-refractivity contribution in [1.82, 2.24) is 19.5 Å². The van der Waals surface area contributed by atoms with Crippen LogP contribution in [0.5, 0.6) is 0 Å². The second kappa shape index (κ2) is 7.96. The Morgan fingerprint density at radius 2 is 2.00 bits per heavy atom. The molecule has 2 aliphatic rings. The van der Waals surface area contributed by atoms with Crippen LogP contribution in [0, 0.1) is 11.6 Å². The third-order valence-electron chi connectivity index (χ3n) is 6.46. The van der Waals surface area contributed by atoms with Crippen molar-refractivity contribution in [2.24, 2.45) is 0 Å². The summed E-state index contributed by atoms with van der Waals surface area (Å²) in [5, 5.41) is 23.8. The van der Waals surface area contributed by atoms with Crippen molar-refractivity contribution in [2.75, 3.05) is 18.5 Å². The summed E-state index contributed by atoms with van der Waals surface area (Å²) < 4.78 is 37.3. The van der Waals surface area contributed by atoms with E-state index < -0.39 is 23.3 Å². The van der Waals surface area contributed by atoms with Crippen LogP contribution in [0.4, 0.5) is 14.7 Å². The molecule has 2 aromatic heterocycles. The zero-order valence-electron chi connectivity index (χ0n) is 18.8. The van der Waals surface area contributed by atoms with Gasteiger partial charge in [-0.05, 0) is 51.7 Å². The van der Waals surface area contributed by atoms with Crippen molar-refractivity contribution in [3.05, 3.63) is 35.3 Å². The Bertz CT molecular complexity index is 1220. The molecule has 3 N–H and O–H groups in total. The SMILES string of the molecule is C[C@@H]1CCc2c(-c3nc(N[C@@H]4CCOC[C@H]4O)ncc3F)cc(F)c3nc(C(C)(C)O)n1c23. The number of benzene rings is 1. The number of aliphatic hydroxyl groups excluding tert-OH is 1. The van der Waals surface area contributed by atoms with Crippen LogP contribution in [-0.2, 0) is 16.8 Å². The summed E-state index contributed by atoms with van der Waals surface area (Å²) in [6.45, 7) is 5.91. The predicted octanol–water partition coefficient (Wildman–Crippen LogP) is 3.07. The zero-order valence-corrected chi connectivity index (χ0v) is 18.8. The number of nitrogens with zero attached hydrogens (tertiary/aromatic N) is 4. The molecule has 8 nitrogen and oxygen atoms in total. The first-order chi connectivity index (χ1) is 15.6. The number of aryl methyl sites for hydroxylation is 1. The number of aromatic nitrogens is 4. The summed E-state index contributed by atoms with van der Waals surface area (Å²) in [5.74, 6) is -0.745. The summed E-state index contributed by atoms with van der Waals surface area (Å²) in [7, 11) is 0. The number of anilines is 1. The van der Waals surface area contributed by atoms with Crippen LogP contribution in [-0.4, -0.2) is 55.1 Å². The van der Waals surface area contributed by atoms with E-state index in [-0.39, 0.29) is 35.8 Å². The largest absolute Gasteiger partial charge is 0.389 e. The van der Waals surface area contributed by atoms with Gasteiger partial charge < -0.3 is 24.8 Å². The second-order valence-electron chi connectivity index (χ2n) is 9.41. The van der Waals surface area contributed by atoms with E-state index in [1.54, 1.807) is 13.8 Å². The number of imidazole rings is 1. The topological polar surface area (TPSA) is 105 Å². The number of nitrogens with one attached hydrogen (secondary N) is 1. The highest BCUT2D eigenvalue weighted by molar-refractivity contribution is 5.88. The van der Waals surface area contributed by atoms with Crippen LogP contribution in [0.3, 0.4) is 0 Å². The monoisotopic (exact) mass is 459 g/mol. The lowest BCUT2D eigenvalue weighted by Gasteiger charge is -2.29. The fourth-order valence-corrected chi connectivity index (χ4v) is 4.79. The van der Waals surface area contributed by atoms with Gasteiger partial charge in [0.1, 0.15) is 22.6 Å². The Labute approximate surface area is 189 Å². The highest BCUT2D eigenvalue weighted by Gasteiger charge is 2.34. The van der Waals surface area contributed by atoms with Crippen LogP contribution >= 0.6 is 0 Å². The zero-order chi connectivity index (χ0) is 23.5. The molecular weight excluding hydrogens is 432 g/mol. The Morgan fingerprint density at radius 1 is 1.21 bits per heavy atom. The predicted molar refractivity (Wildman–Crippen MR) is 118 cm³/mol. The standard InChI is InChI=1S/C23H27F2N5O3/c1-11-4-5-12-13(8-14(24)19-20(12)30(11)21(28-19)23(2,3)32)18-15(25)9-26-22(29-18)27-16-6-7-33-10-17(16)31/h8-9,11,16-17,31-32H,4-7,10H2,1-3H3,(H,26,27,29)/t11-,16-,17-/m1/s1. The first-order valence-corrected chi connectivity index (χ1v) is 11.2. The molecule has 176 valence electrons. The Hall–Kier alpha value is -2.69. The molecule has 0 spiro atoms. The normalized spacial score (nSPS) is 23.2. The van der Waals surface area contributed by atoms with E-state index in [9.17, 15) is 14.6 Å². The maximum absolute atomic E-state index is 15.3. The summed E-state index contributed by atoms with van der Waals surface area (Å²) in [6, 6.07) is 0.935. The number of aliphatic hydroxyl groups is 2. The van der Waals surface area contributed by atoms with E-state index in [0.717, 1.165) is 18.2 Å². The lowest BCUT2D eigenvalue weighted by molar-refractivity contribution is -0.0136.